The van der Waals surface area contributed by atoms with Crippen molar-refractivity contribution in [3.8, 4) is 0 Å². The monoisotopic (exact) mass is 278 g/mol. The quantitative estimate of drug-likeness (QED) is 0.853. The summed E-state index contributed by atoms with van der Waals surface area (Å²) >= 11 is 0. The smallest absolute Gasteiger partial charge is 0.410 e. The van der Waals surface area contributed by atoms with Gasteiger partial charge in [0.05, 0.1) is 18.7 Å². The number of ether oxygens (including phenoxy) is 1. The molecule has 0 spiro atoms. The second kappa shape index (κ2) is 6.36. The number of carbonyl (C=O) groups excluding carboxylic acids is 1. The van der Waals surface area contributed by atoms with E-state index in [1.807, 2.05) is 6.92 Å². The van der Waals surface area contributed by atoms with Gasteiger partial charge >= 0.3 is 12.1 Å². The first kappa shape index (κ1) is 14.3. The molecule has 0 aliphatic carbocycles. The van der Waals surface area contributed by atoms with Crippen molar-refractivity contribution >= 4 is 12.1 Å². The zero-order chi connectivity index (χ0) is 14.5. The highest BCUT2D eigenvalue weighted by Gasteiger charge is 2.26. The lowest BCUT2D eigenvalue weighted by Crippen LogP contribution is -2.37. The number of aromatic carboxylic acids is 1. The molecule has 6 nitrogen and oxygen atoms in total. The van der Waals surface area contributed by atoms with Gasteiger partial charge in [0, 0.05) is 30.4 Å². The molecular weight excluding hydrogens is 260 g/mol. The number of rotatable bonds is 4. The highest BCUT2D eigenvalue weighted by molar-refractivity contribution is 5.89. The summed E-state index contributed by atoms with van der Waals surface area (Å²) in [6.45, 7) is 3.18. The Labute approximate surface area is 117 Å². The average molecular weight is 278 g/mol. The van der Waals surface area contributed by atoms with Crippen LogP contribution in [0.4, 0.5) is 4.79 Å². The third-order valence-corrected chi connectivity index (χ3v) is 3.32. The first-order valence-electron chi connectivity index (χ1n) is 6.75. The molecule has 0 atom stereocenters. The number of hydrogen-bond donors (Lipinski definition) is 1. The Hall–Kier alpha value is -2.11. The lowest BCUT2D eigenvalue weighted by molar-refractivity contribution is 0.0688. The van der Waals surface area contributed by atoms with Gasteiger partial charge in [0.25, 0.3) is 0 Å². The van der Waals surface area contributed by atoms with Crippen LogP contribution in [-0.4, -0.2) is 40.2 Å². The van der Waals surface area contributed by atoms with Crippen LogP contribution in [0, 0.1) is 0 Å². The minimum absolute atomic E-state index is 0.209. The van der Waals surface area contributed by atoms with Crippen LogP contribution in [0.5, 0.6) is 0 Å². The number of amides is 1. The fourth-order valence-corrected chi connectivity index (χ4v) is 2.19. The second-order valence-corrected chi connectivity index (χ2v) is 4.73. The van der Waals surface area contributed by atoms with E-state index in [0.717, 1.165) is 18.5 Å². The van der Waals surface area contributed by atoms with Crippen LogP contribution >= 0.6 is 0 Å². The first-order chi connectivity index (χ1) is 9.63. The van der Waals surface area contributed by atoms with Crippen molar-refractivity contribution in [2.45, 2.75) is 32.7 Å². The molecule has 1 aliphatic rings. The van der Waals surface area contributed by atoms with Crippen molar-refractivity contribution in [2.75, 3.05) is 13.2 Å². The molecule has 1 amide bonds. The standard InChI is InChI=1S/C14H18N2O4/c1-2-3-8-20-14(19)16-7-5-12-11(9-16)10(13(17)18)4-6-15-12/h4,6H,2-3,5,7-9H2,1H3,(H,17,18). The Balaban J connectivity index is 2.09. The molecular formula is C14H18N2O4. The van der Waals surface area contributed by atoms with Gasteiger partial charge in [-0.2, -0.15) is 0 Å². The van der Waals surface area contributed by atoms with Gasteiger partial charge < -0.3 is 14.7 Å². The normalized spacial score (nSPS) is 13.8. The summed E-state index contributed by atoms with van der Waals surface area (Å²) in [6.07, 6.45) is 3.46. The Bertz CT molecular complexity index is 516. The highest BCUT2D eigenvalue weighted by atomic mass is 16.6. The number of carbonyl (C=O) groups is 2. The summed E-state index contributed by atoms with van der Waals surface area (Å²) in [6, 6.07) is 1.47. The molecule has 0 saturated heterocycles. The topological polar surface area (TPSA) is 79.7 Å². The van der Waals surface area contributed by atoms with Gasteiger partial charge in [0.1, 0.15) is 0 Å². The molecule has 2 heterocycles. The average Bonchev–Trinajstić information content (AvgIpc) is 2.46. The van der Waals surface area contributed by atoms with Crippen LogP contribution < -0.4 is 0 Å². The lowest BCUT2D eigenvalue weighted by atomic mass is 10.0. The predicted molar refractivity (Wildman–Crippen MR) is 71.6 cm³/mol. The van der Waals surface area contributed by atoms with Crippen molar-refractivity contribution in [1.82, 2.24) is 9.88 Å². The number of pyridine rings is 1. The lowest BCUT2D eigenvalue weighted by Gasteiger charge is -2.28. The van der Waals surface area contributed by atoms with Crippen molar-refractivity contribution < 1.29 is 19.4 Å². The number of aromatic nitrogens is 1. The van der Waals surface area contributed by atoms with E-state index in [4.69, 9.17) is 4.74 Å². The zero-order valence-corrected chi connectivity index (χ0v) is 11.5. The molecule has 0 fully saturated rings. The van der Waals surface area contributed by atoms with Gasteiger partial charge in [-0.05, 0) is 12.5 Å². The van der Waals surface area contributed by atoms with Gasteiger partial charge in [-0.3, -0.25) is 4.98 Å². The van der Waals surface area contributed by atoms with Gasteiger partial charge in [0.2, 0.25) is 0 Å². The summed E-state index contributed by atoms with van der Waals surface area (Å²) in [5.74, 6) is -0.996. The summed E-state index contributed by atoms with van der Waals surface area (Å²) in [4.78, 5) is 28.8. The van der Waals surface area contributed by atoms with E-state index in [9.17, 15) is 14.7 Å². The van der Waals surface area contributed by atoms with Crippen LogP contribution in [0.2, 0.25) is 0 Å². The maximum absolute atomic E-state index is 11.9. The number of fused-ring (bicyclic) bond motifs is 1. The Morgan fingerprint density at radius 2 is 2.30 bits per heavy atom. The molecule has 0 saturated carbocycles. The maximum Gasteiger partial charge on any atom is 0.410 e. The van der Waals surface area contributed by atoms with Gasteiger partial charge in [0.15, 0.2) is 0 Å². The number of unbranched alkanes of at least 4 members (excludes halogenated alkanes) is 1. The fourth-order valence-electron chi connectivity index (χ4n) is 2.19. The van der Waals surface area contributed by atoms with E-state index in [0.29, 0.717) is 25.1 Å². The molecule has 0 bridgehead atoms. The maximum atomic E-state index is 11.9. The van der Waals surface area contributed by atoms with E-state index >= 15 is 0 Å². The van der Waals surface area contributed by atoms with Gasteiger partial charge in [-0.1, -0.05) is 13.3 Å². The third-order valence-electron chi connectivity index (χ3n) is 3.32. The summed E-state index contributed by atoms with van der Waals surface area (Å²) in [5, 5.41) is 9.18. The SMILES string of the molecule is CCCCOC(=O)N1CCc2nccc(C(=O)O)c2C1. The van der Waals surface area contributed by atoms with Crippen LogP contribution in [0.15, 0.2) is 12.3 Å². The van der Waals surface area contributed by atoms with E-state index in [1.54, 1.807) is 0 Å². The van der Waals surface area contributed by atoms with Gasteiger partial charge in [-0.15, -0.1) is 0 Å². The fraction of sp³-hybridized carbons (Fsp3) is 0.500. The number of hydrogen-bond acceptors (Lipinski definition) is 4. The van der Waals surface area contributed by atoms with Gasteiger partial charge in [-0.25, -0.2) is 9.59 Å². The Morgan fingerprint density at radius 1 is 1.50 bits per heavy atom. The zero-order valence-electron chi connectivity index (χ0n) is 11.5. The van der Waals surface area contributed by atoms with Crippen molar-refractivity contribution in [3.63, 3.8) is 0 Å². The molecule has 20 heavy (non-hydrogen) atoms. The predicted octanol–water partition coefficient (Wildman–Crippen LogP) is 2.07. The molecule has 0 aromatic carbocycles. The van der Waals surface area contributed by atoms with Crippen LogP contribution in [-0.2, 0) is 17.7 Å². The molecule has 0 radical (unpaired) electrons. The summed E-state index contributed by atoms with van der Waals surface area (Å²) < 4.78 is 5.16. The molecule has 1 aliphatic heterocycles. The van der Waals surface area contributed by atoms with E-state index in [-0.39, 0.29) is 18.2 Å². The third kappa shape index (κ3) is 3.07. The van der Waals surface area contributed by atoms with Crippen molar-refractivity contribution in [2.24, 2.45) is 0 Å². The number of carboxylic acids is 1. The van der Waals surface area contributed by atoms with E-state index in [2.05, 4.69) is 4.98 Å². The first-order valence-corrected chi connectivity index (χ1v) is 6.75. The largest absolute Gasteiger partial charge is 0.478 e. The molecule has 6 heteroatoms. The van der Waals surface area contributed by atoms with Crippen molar-refractivity contribution in [1.29, 1.82) is 0 Å². The minimum Gasteiger partial charge on any atom is -0.478 e. The number of carboxylic acid groups (broad SMARTS) is 1. The molecule has 0 unspecified atom stereocenters. The number of nitrogens with zero attached hydrogens (tertiary/aromatic N) is 2. The second-order valence-electron chi connectivity index (χ2n) is 4.73. The molecule has 2 rings (SSSR count). The summed E-state index contributed by atoms with van der Waals surface area (Å²) in [5.41, 5.74) is 1.57. The Kier molecular flexibility index (Phi) is 4.55. The van der Waals surface area contributed by atoms with E-state index < -0.39 is 5.97 Å². The molecule has 1 aromatic rings. The highest BCUT2D eigenvalue weighted by Crippen LogP contribution is 2.21. The summed E-state index contributed by atoms with van der Waals surface area (Å²) in [7, 11) is 0. The Morgan fingerprint density at radius 3 is 3.00 bits per heavy atom. The molecule has 1 aromatic heterocycles. The molecule has 1 N–H and O–H groups in total. The van der Waals surface area contributed by atoms with Crippen LogP contribution in [0.3, 0.4) is 0 Å². The van der Waals surface area contributed by atoms with Crippen LogP contribution in [0.1, 0.15) is 41.4 Å². The van der Waals surface area contributed by atoms with Crippen LogP contribution in [0.25, 0.3) is 0 Å². The minimum atomic E-state index is -0.996. The van der Waals surface area contributed by atoms with Crippen molar-refractivity contribution in [3.05, 3.63) is 29.1 Å². The molecule has 108 valence electrons. The van der Waals surface area contributed by atoms with E-state index in [1.165, 1.54) is 17.2 Å².